The van der Waals surface area contributed by atoms with E-state index >= 15 is 0 Å². The van der Waals surface area contributed by atoms with Crippen molar-refractivity contribution in [1.82, 2.24) is 29.5 Å². The van der Waals surface area contributed by atoms with Crippen LogP contribution in [0.4, 0.5) is 5.13 Å². The summed E-state index contributed by atoms with van der Waals surface area (Å²) in [5.41, 5.74) is 4.15. The van der Waals surface area contributed by atoms with Gasteiger partial charge in [-0.25, -0.2) is 9.67 Å². The summed E-state index contributed by atoms with van der Waals surface area (Å²) in [7, 11) is 1.85. The second-order valence-corrected chi connectivity index (χ2v) is 7.92. The predicted octanol–water partition coefficient (Wildman–Crippen LogP) is 3.58. The maximum Gasteiger partial charge on any atom is 0.260 e. The molecular weight excluding hydrogens is 406 g/mol. The van der Waals surface area contributed by atoms with Crippen LogP contribution < -0.4 is 5.32 Å². The van der Waals surface area contributed by atoms with Crippen LogP contribution in [0.15, 0.2) is 35.8 Å². The minimum atomic E-state index is -0.236. The maximum atomic E-state index is 12.7. The Hall–Kier alpha value is -3.11. The number of carbonyl (C=O) groups excluding carboxylic acids is 1. The van der Waals surface area contributed by atoms with Gasteiger partial charge in [-0.15, -0.1) is 11.3 Å². The van der Waals surface area contributed by atoms with Crippen molar-refractivity contribution >= 4 is 34.6 Å². The lowest BCUT2D eigenvalue weighted by Crippen LogP contribution is -2.13. The summed E-state index contributed by atoms with van der Waals surface area (Å²) in [5, 5.41) is 16.6. The van der Waals surface area contributed by atoms with Crippen LogP contribution in [-0.4, -0.2) is 35.4 Å². The van der Waals surface area contributed by atoms with E-state index in [0.29, 0.717) is 21.9 Å². The van der Waals surface area contributed by atoms with Gasteiger partial charge < -0.3 is 4.57 Å². The van der Waals surface area contributed by atoms with E-state index in [1.54, 1.807) is 15.4 Å². The monoisotopic (exact) mass is 425 g/mol. The lowest BCUT2D eigenvalue weighted by molar-refractivity contribution is 0.102. The highest BCUT2D eigenvalue weighted by atomic mass is 32.1. The number of aromatic nitrogens is 6. The van der Waals surface area contributed by atoms with E-state index in [1.807, 2.05) is 50.5 Å². The number of hydrogen-bond donors (Lipinski definition) is 2. The average molecular weight is 426 g/mol. The van der Waals surface area contributed by atoms with E-state index in [4.69, 9.17) is 12.2 Å². The van der Waals surface area contributed by atoms with Crippen LogP contribution in [0.3, 0.4) is 0 Å². The molecule has 4 aromatic rings. The summed E-state index contributed by atoms with van der Waals surface area (Å²) in [5.74, 6) is 0.550. The lowest BCUT2D eigenvalue weighted by Gasteiger charge is -2.06. The van der Waals surface area contributed by atoms with Crippen LogP contribution in [0.5, 0.6) is 0 Å². The molecule has 0 saturated heterocycles. The van der Waals surface area contributed by atoms with Crippen molar-refractivity contribution < 1.29 is 4.79 Å². The predicted molar refractivity (Wildman–Crippen MR) is 114 cm³/mol. The van der Waals surface area contributed by atoms with Crippen LogP contribution in [0.2, 0.25) is 0 Å². The first-order chi connectivity index (χ1) is 13.9. The summed E-state index contributed by atoms with van der Waals surface area (Å²) < 4.78 is 4.12. The number of aryl methyl sites for hydroxylation is 1. The fourth-order valence-electron chi connectivity index (χ4n) is 2.96. The molecule has 0 aliphatic heterocycles. The molecule has 29 heavy (non-hydrogen) atoms. The summed E-state index contributed by atoms with van der Waals surface area (Å²) in [4.78, 5) is 17.2. The molecule has 3 aromatic heterocycles. The van der Waals surface area contributed by atoms with Gasteiger partial charge >= 0.3 is 0 Å². The second-order valence-electron chi connectivity index (χ2n) is 6.67. The van der Waals surface area contributed by atoms with Crippen molar-refractivity contribution in [2.75, 3.05) is 5.32 Å². The number of aromatic amines is 1. The maximum absolute atomic E-state index is 12.7. The molecule has 148 valence electrons. The molecule has 0 unspecified atom stereocenters. The van der Waals surface area contributed by atoms with Crippen molar-refractivity contribution in [2.24, 2.45) is 7.05 Å². The van der Waals surface area contributed by atoms with E-state index < -0.39 is 0 Å². The number of benzene rings is 1. The number of rotatable bonds is 5. The topological polar surface area (TPSA) is 93.4 Å². The number of thiazole rings is 1. The largest absolute Gasteiger partial charge is 0.307 e. The molecule has 3 heterocycles. The molecule has 0 aliphatic rings. The minimum Gasteiger partial charge on any atom is -0.307 e. The number of anilines is 1. The lowest BCUT2D eigenvalue weighted by atomic mass is 10.2. The molecule has 4 rings (SSSR count). The molecule has 1 aromatic carbocycles. The first kappa shape index (κ1) is 19.2. The molecule has 0 bridgehead atoms. The molecule has 1 amide bonds. The zero-order valence-corrected chi connectivity index (χ0v) is 17.8. The van der Waals surface area contributed by atoms with Gasteiger partial charge in [0, 0.05) is 12.4 Å². The highest BCUT2D eigenvalue weighted by Crippen LogP contribution is 2.20. The molecule has 0 spiro atoms. The average Bonchev–Trinajstić information content (AvgIpc) is 3.38. The zero-order chi connectivity index (χ0) is 20.5. The van der Waals surface area contributed by atoms with Crippen molar-refractivity contribution in [3.8, 4) is 5.69 Å². The number of carbonyl (C=O) groups is 1. The number of H-pyrrole nitrogens is 1. The van der Waals surface area contributed by atoms with Crippen molar-refractivity contribution in [3.63, 3.8) is 0 Å². The fraction of sp³-hybridized carbons (Fsp3) is 0.211. The zero-order valence-electron chi connectivity index (χ0n) is 16.1. The van der Waals surface area contributed by atoms with Gasteiger partial charge in [0.25, 0.3) is 5.91 Å². The molecule has 10 heteroatoms. The first-order valence-corrected chi connectivity index (χ1v) is 10.2. The van der Waals surface area contributed by atoms with Crippen LogP contribution in [0, 0.1) is 18.6 Å². The van der Waals surface area contributed by atoms with Gasteiger partial charge in [-0.2, -0.15) is 10.2 Å². The Morgan fingerprint density at radius 3 is 2.90 bits per heavy atom. The first-order valence-electron chi connectivity index (χ1n) is 8.90. The van der Waals surface area contributed by atoms with Crippen LogP contribution in [0.1, 0.15) is 33.1 Å². The van der Waals surface area contributed by atoms with E-state index in [9.17, 15) is 4.79 Å². The van der Waals surface area contributed by atoms with Gasteiger partial charge in [-0.3, -0.25) is 15.2 Å². The molecule has 0 atom stereocenters. The third-order valence-electron chi connectivity index (χ3n) is 4.58. The third-order valence-corrected chi connectivity index (χ3v) is 5.76. The van der Waals surface area contributed by atoms with Crippen LogP contribution in [0.25, 0.3) is 5.69 Å². The van der Waals surface area contributed by atoms with Gasteiger partial charge in [-0.05, 0) is 43.8 Å². The molecular formula is C19H19N7OS2. The van der Waals surface area contributed by atoms with E-state index in [0.717, 1.165) is 28.5 Å². The van der Waals surface area contributed by atoms with E-state index in [-0.39, 0.29) is 5.91 Å². The normalized spacial score (nSPS) is 11.0. The Morgan fingerprint density at radius 2 is 2.17 bits per heavy atom. The molecule has 0 aliphatic carbocycles. The second kappa shape index (κ2) is 7.72. The fourth-order valence-corrected chi connectivity index (χ4v) is 3.82. The van der Waals surface area contributed by atoms with Crippen molar-refractivity contribution in [3.05, 3.63) is 69.0 Å². The number of nitrogens with zero attached hydrogens (tertiary/aromatic N) is 5. The minimum absolute atomic E-state index is 0.236. The Balaban J connectivity index is 1.50. The van der Waals surface area contributed by atoms with Gasteiger partial charge in [0.1, 0.15) is 5.82 Å². The Kier molecular flexibility index (Phi) is 5.12. The molecule has 0 radical (unpaired) electrons. The smallest absolute Gasteiger partial charge is 0.260 e. The Bertz CT molecular complexity index is 1250. The molecule has 8 nitrogen and oxygen atoms in total. The van der Waals surface area contributed by atoms with Gasteiger partial charge in [-0.1, -0.05) is 12.1 Å². The van der Waals surface area contributed by atoms with Gasteiger partial charge in [0.05, 0.1) is 35.3 Å². The summed E-state index contributed by atoms with van der Waals surface area (Å²) in [6, 6.07) is 7.98. The number of nitrogens with one attached hydrogen (secondary N) is 2. The summed E-state index contributed by atoms with van der Waals surface area (Å²) in [6.07, 6.45) is 2.11. The summed E-state index contributed by atoms with van der Waals surface area (Å²) >= 11 is 6.50. The Labute approximate surface area is 176 Å². The number of amides is 1. The van der Waals surface area contributed by atoms with E-state index in [2.05, 4.69) is 25.6 Å². The van der Waals surface area contributed by atoms with Gasteiger partial charge in [0.15, 0.2) is 9.90 Å². The third kappa shape index (κ3) is 3.89. The van der Waals surface area contributed by atoms with Crippen molar-refractivity contribution in [2.45, 2.75) is 20.3 Å². The van der Waals surface area contributed by atoms with Crippen LogP contribution in [-0.2, 0) is 13.5 Å². The number of hydrogen-bond acceptors (Lipinski definition) is 6. The van der Waals surface area contributed by atoms with E-state index in [1.165, 1.54) is 11.3 Å². The highest BCUT2D eigenvalue weighted by Gasteiger charge is 2.17. The SMILES string of the molecule is Cc1cccc(-n2ncc(C(=O)Nc3nc(Cc4n[nH]c(=S)n4C)cs3)c2C)c1. The molecule has 2 N–H and O–H groups in total. The molecule has 0 saturated carbocycles. The van der Waals surface area contributed by atoms with Gasteiger partial charge in [0.2, 0.25) is 0 Å². The highest BCUT2D eigenvalue weighted by molar-refractivity contribution is 7.71. The summed E-state index contributed by atoms with van der Waals surface area (Å²) in [6.45, 7) is 3.90. The molecule has 0 fully saturated rings. The Morgan fingerprint density at radius 1 is 1.34 bits per heavy atom. The van der Waals surface area contributed by atoms with Crippen LogP contribution >= 0.6 is 23.6 Å². The standard InChI is InChI=1S/C19H19N7OS2/c1-11-5-4-6-14(7-11)26-12(2)15(9-20-26)17(27)22-18-21-13(10-29-18)8-16-23-24-19(28)25(16)3/h4-7,9-10H,8H2,1-3H3,(H,24,28)(H,21,22,27). The quantitative estimate of drug-likeness (QED) is 0.477. The van der Waals surface area contributed by atoms with Crippen molar-refractivity contribution in [1.29, 1.82) is 0 Å².